The maximum absolute atomic E-state index is 11.4. The minimum atomic E-state index is 0.165. The standard InChI is InChI=1S/C17H23N5O/c1-3-7-22-17(4-6-20-22)16-11-18-15(10-19-16)9-14-5-8-21(12-14)13(2)23/h4,6,10-11,14H,3,5,7-9,12H2,1-2H3/t14-/m0/s1. The van der Waals surface area contributed by atoms with Crippen LogP contribution in [0.5, 0.6) is 0 Å². The van der Waals surface area contributed by atoms with Gasteiger partial charge in [0.15, 0.2) is 0 Å². The lowest BCUT2D eigenvalue weighted by Gasteiger charge is -2.13. The molecule has 1 aliphatic heterocycles. The molecule has 0 bridgehead atoms. The second-order valence-electron chi connectivity index (χ2n) is 6.16. The molecule has 1 atom stereocenters. The lowest BCUT2D eigenvalue weighted by Crippen LogP contribution is -2.26. The van der Waals surface area contributed by atoms with Gasteiger partial charge in [0.25, 0.3) is 0 Å². The number of carbonyl (C=O) groups excluding carboxylic acids is 1. The molecule has 0 spiro atoms. The van der Waals surface area contributed by atoms with Gasteiger partial charge in [-0.3, -0.25) is 19.4 Å². The molecule has 1 aliphatic rings. The lowest BCUT2D eigenvalue weighted by atomic mass is 10.0. The van der Waals surface area contributed by atoms with Gasteiger partial charge < -0.3 is 4.90 Å². The van der Waals surface area contributed by atoms with E-state index in [1.54, 1.807) is 13.1 Å². The molecule has 0 N–H and O–H groups in total. The fourth-order valence-electron chi connectivity index (χ4n) is 3.11. The molecule has 0 radical (unpaired) electrons. The predicted octanol–water partition coefficient (Wildman–Crippen LogP) is 2.16. The Bertz CT molecular complexity index is 664. The van der Waals surface area contributed by atoms with Crippen LogP contribution in [0.2, 0.25) is 0 Å². The minimum absolute atomic E-state index is 0.165. The highest BCUT2D eigenvalue weighted by Gasteiger charge is 2.24. The molecule has 0 saturated carbocycles. The Kier molecular flexibility index (Phi) is 4.69. The van der Waals surface area contributed by atoms with Crippen LogP contribution in [-0.2, 0) is 17.8 Å². The summed E-state index contributed by atoms with van der Waals surface area (Å²) in [6, 6.07) is 1.97. The predicted molar refractivity (Wildman–Crippen MR) is 87.6 cm³/mol. The quantitative estimate of drug-likeness (QED) is 0.848. The van der Waals surface area contributed by atoms with Gasteiger partial charge in [0.2, 0.25) is 5.91 Å². The van der Waals surface area contributed by atoms with Gasteiger partial charge in [-0.2, -0.15) is 5.10 Å². The fraction of sp³-hybridized carbons (Fsp3) is 0.529. The van der Waals surface area contributed by atoms with Crippen LogP contribution in [0.4, 0.5) is 0 Å². The van der Waals surface area contributed by atoms with Crippen molar-refractivity contribution in [1.82, 2.24) is 24.6 Å². The molecule has 0 aromatic carbocycles. The molecule has 6 heteroatoms. The van der Waals surface area contributed by atoms with Gasteiger partial charge in [0, 0.05) is 39.0 Å². The third kappa shape index (κ3) is 3.57. The second-order valence-corrected chi connectivity index (χ2v) is 6.16. The number of aromatic nitrogens is 4. The Morgan fingerprint density at radius 3 is 2.87 bits per heavy atom. The zero-order valence-electron chi connectivity index (χ0n) is 13.8. The zero-order valence-corrected chi connectivity index (χ0v) is 13.8. The van der Waals surface area contributed by atoms with Crippen LogP contribution in [0.3, 0.4) is 0 Å². The van der Waals surface area contributed by atoms with E-state index in [4.69, 9.17) is 0 Å². The highest BCUT2D eigenvalue weighted by atomic mass is 16.2. The van der Waals surface area contributed by atoms with Gasteiger partial charge in [0.1, 0.15) is 5.69 Å². The fourth-order valence-corrected chi connectivity index (χ4v) is 3.11. The molecule has 1 amide bonds. The molecule has 23 heavy (non-hydrogen) atoms. The average molecular weight is 313 g/mol. The van der Waals surface area contributed by atoms with Gasteiger partial charge in [-0.15, -0.1) is 0 Å². The smallest absolute Gasteiger partial charge is 0.219 e. The highest BCUT2D eigenvalue weighted by molar-refractivity contribution is 5.73. The number of aryl methyl sites for hydroxylation is 1. The van der Waals surface area contributed by atoms with Gasteiger partial charge in [-0.1, -0.05) is 6.92 Å². The normalized spacial score (nSPS) is 17.7. The van der Waals surface area contributed by atoms with E-state index in [0.717, 1.165) is 56.0 Å². The third-order valence-electron chi connectivity index (χ3n) is 4.35. The first-order valence-electron chi connectivity index (χ1n) is 8.26. The monoisotopic (exact) mass is 313 g/mol. The van der Waals surface area contributed by atoms with E-state index in [1.807, 2.05) is 28.0 Å². The van der Waals surface area contributed by atoms with Crippen molar-refractivity contribution in [3.05, 3.63) is 30.4 Å². The van der Waals surface area contributed by atoms with Crippen LogP contribution in [-0.4, -0.2) is 43.6 Å². The number of nitrogens with zero attached hydrogens (tertiary/aromatic N) is 5. The third-order valence-corrected chi connectivity index (χ3v) is 4.35. The van der Waals surface area contributed by atoms with Crippen molar-refractivity contribution in [2.75, 3.05) is 13.1 Å². The molecule has 2 aromatic rings. The van der Waals surface area contributed by atoms with E-state index >= 15 is 0 Å². The van der Waals surface area contributed by atoms with Gasteiger partial charge in [-0.05, 0) is 31.2 Å². The Balaban J connectivity index is 1.66. The number of likely N-dealkylation sites (tertiary alicyclic amines) is 1. The van der Waals surface area contributed by atoms with Crippen molar-refractivity contribution >= 4 is 5.91 Å². The van der Waals surface area contributed by atoms with Gasteiger partial charge >= 0.3 is 0 Å². The van der Waals surface area contributed by atoms with Crippen molar-refractivity contribution in [2.24, 2.45) is 5.92 Å². The summed E-state index contributed by atoms with van der Waals surface area (Å²) in [6.07, 6.45) is 8.45. The lowest BCUT2D eigenvalue weighted by molar-refractivity contribution is -0.127. The average Bonchev–Trinajstić information content (AvgIpc) is 3.18. The summed E-state index contributed by atoms with van der Waals surface area (Å²) in [4.78, 5) is 22.4. The molecule has 1 saturated heterocycles. The summed E-state index contributed by atoms with van der Waals surface area (Å²) in [7, 11) is 0. The molecule has 0 aliphatic carbocycles. The number of rotatable bonds is 5. The summed E-state index contributed by atoms with van der Waals surface area (Å²) < 4.78 is 1.96. The van der Waals surface area contributed by atoms with Gasteiger partial charge in [-0.25, -0.2) is 0 Å². The second kappa shape index (κ2) is 6.89. The summed E-state index contributed by atoms with van der Waals surface area (Å²) in [5, 5.41) is 4.32. The van der Waals surface area contributed by atoms with Crippen molar-refractivity contribution in [2.45, 2.75) is 39.7 Å². The Hall–Kier alpha value is -2.24. The first kappa shape index (κ1) is 15.6. The number of carbonyl (C=O) groups is 1. The maximum atomic E-state index is 11.4. The molecule has 3 rings (SSSR count). The minimum Gasteiger partial charge on any atom is -0.343 e. The van der Waals surface area contributed by atoms with E-state index in [0.29, 0.717) is 5.92 Å². The van der Waals surface area contributed by atoms with E-state index in [-0.39, 0.29) is 5.91 Å². The van der Waals surface area contributed by atoms with E-state index in [1.165, 1.54) is 0 Å². The van der Waals surface area contributed by atoms with Crippen LogP contribution in [0, 0.1) is 5.92 Å². The van der Waals surface area contributed by atoms with Crippen LogP contribution in [0.15, 0.2) is 24.7 Å². The number of hydrogen-bond donors (Lipinski definition) is 0. The summed E-state index contributed by atoms with van der Waals surface area (Å²) in [5.74, 6) is 0.655. The van der Waals surface area contributed by atoms with Crippen LogP contribution in [0.25, 0.3) is 11.4 Å². The molecular formula is C17H23N5O. The van der Waals surface area contributed by atoms with Crippen molar-refractivity contribution in [1.29, 1.82) is 0 Å². The van der Waals surface area contributed by atoms with Crippen molar-refractivity contribution in [3.63, 3.8) is 0 Å². The van der Waals surface area contributed by atoms with Crippen molar-refractivity contribution < 1.29 is 4.79 Å². The van der Waals surface area contributed by atoms with E-state index in [2.05, 4.69) is 22.0 Å². The largest absolute Gasteiger partial charge is 0.343 e. The van der Waals surface area contributed by atoms with Crippen LogP contribution in [0.1, 0.15) is 32.4 Å². The van der Waals surface area contributed by atoms with Gasteiger partial charge in [0.05, 0.1) is 17.6 Å². The highest BCUT2D eigenvalue weighted by Crippen LogP contribution is 2.21. The molecule has 0 unspecified atom stereocenters. The Morgan fingerprint density at radius 2 is 2.22 bits per heavy atom. The molecule has 6 nitrogen and oxygen atoms in total. The van der Waals surface area contributed by atoms with E-state index < -0.39 is 0 Å². The molecule has 122 valence electrons. The van der Waals surface area contributed by atoms with E-state index in [9.17, 15) is 4.79 Å². The first-order chi connectivity index (χ1) is 11.2. The molecule has 3 heterocycles. The molecule has 1 fully saturated rings. The topological polar surface area (TPSA) is 63.9 Å². The molecular weight excluding hydrogens is 290 g/mol. The zero-order chi connectivity index (χ0) is 16.2. The molecule has 2 aromatic heterocycles. The summed E-state index contributed by atoms with van der Waals surface area (Å²) in [5.41, 5.74) is 2.86. The number of amides is 1. The Labute approximate surface area is 136 Å². The number of hydrogen-bond acceptors (Lipinski definition) is 4. The maximum Gasteiger partial charge on any atom is 0.219 e. The summed E-state index contributed by atoms with van der Waals surface area (Å²) >= 11 is 0. The first-order valence-corrected chi connectivity index (χ1v) is 8.26. The SMILES string of the molecule is CCCn1nccc1-c1cnc(C[C@@H]2CCN(C(C)=O)C2)cn1. The van der Waals surface area contributed by atoms with Crippen LogP contribution < -0.4 is 0 Å². The Morgan fingerprint density at radius 1 is 1.35 bits per heavy atom. The van der Waals surface area contributed by atoms with Crippen molar-refractivity contribution in [3.8, 4) is 11.4 Å². The summed E-state index contributed by atoms with van der Waals surface area (Å²) in [6.45, 7) is 6.35. The van der Waals surface area contributed by atoms with Crippen LogP contribution >= 0.6 is 0 Å².